The Labute approximate surface area is 123 Å². The van der Waals surface area contributed by atoms with Crippen LogP contribution in [0.1, 0.15) is 15.9 Å². The Bertz CT molecular complexity index is 851. The number of carbonyl (C=O) groups excluding carboxylic acids is 1. The highest BCUT2D eigenvalue weighted by Gasteiger charge is 2.07. The van der Waals surface area contributed by atoms with Crippen molar-refractivity contribution in [2.75, 3.05) is 0 Å². The van der Waals surface area contributed by atoms with Gasteiger partial charge in [-0.3, -0.25) is 19.3 Å². The van der Waals surface area contributed by atoms with E-state index in [2.05, 4.69) is 9.98 Å². The summed E-state index contributed by atoms with van der Waals surface area (Å²) in [4.78, 5) is 28.8. The van der Waals surface area contributed by atoms with Crippen molar-refractivity contribution in [3.05, 3.63) is 50.5 Å². The lowest BCUT2D eigenvalue weighted by atomic mass is 10.2. The van der Waals surface area contributed by atoms with Crippen LogP contribution in [0.15, 0.2) is 34.1 Å². The fraction of sp³-hybridized carbons (Fsp3) is 0.0769. The van der Waals surface area contributed by atoms with Crippen LogP contribution in [0, 0.1) is 4.77 Å². The molecule has 0 aliphatic rings. The first-order valence-corrected chi connectivity index (χ1v) is 6.18. The Balaban J connectivity index is 2.45. The molecule has 0 fully saturated rings. The van der Waals surface area contributed by atoms with E-state index >= 15 is 0 Å². The summed E-state index contributed by atoms with van der Waals surface area (Å²) < 4.78 is 1.30. The third-order valence-electron chi connectivity index (χ3n) is 2.75. The maximum Gasteiger partial charge on any atom is 0.264 e. The van der Waals surface area contributed by atoms with Gasteiger partial charge in [0.05, 0.1) is 11.7 Å². The molecule has 2 N–H and O–H groups in total. The van der Waals surface area contributed by atoms with Crippen LogP contribution in [0.5, 0.6) is 5.88 Å². The van der Waals surface area contributed by atoms with Crippen molar-refractivity contribution in [3.8, 4) is 5.88 Å². The highest BCUT2D eigenvalue weighted by atomic mass is 32.1. The number of aromatic nitrogens is 2. The van der Waals surface area contributed by atoms with Crippen molar-refractivity contribution < 1.29 is 15.0 Å². The smallest absolute Gasteiger partial charge is 0.264 e. The van der Waals surface area contributed by atoms with E-state index < -0.39 is 11.5 Å². The molecule has 0 spiro atoms. The van der Waals surface area contributed by atoms with Crippen LogP contribution in [0.25, 0.3) is 0 Å². The predicted octanol–water partition coefficient (Wildman–Crippen LogP) is 0.263. The maximum absolute atomic E-state index is 11.7. The minimum absolute atomic E-state index is 0.0331. The van der Waals surface area contributed by atoms with Crippen LogP contribution in [0.2, 0.25) is 0 Å². The van der Waals surface area contributed by atoms with Gasteiger partial charge in [-0.1, -0.05) is 12.1 Å². The predicted molar refractivity (Wildman–Crippen MR) is 76.6 cm³/mol. The number of nitrogens with one attached hydrogen (secondary N) is 1. The van der Waals surface area contributed by atoms with E-state index in [1.807, 2.05) is 0 Å². The third kappa shape index (κ3) is 3.06. The molecule has 7 nitrogen and oxygen atoms in total. The van der Waals surface area contributed by atoms with Crippen molar-refractivity contribution in [1.29, 1.82) is 0 Å². The molecule has 21 heavy (non-hydrogen) atoms. The number of carboxylic acid groups (broad SMARTS) is 1. The number of carbonyl (C=O) groups is 1. The van der Waals surface area contributed by atoms with E-state index in [9.17, 15) is 19.8 Å². The Morgan fingerprint density at radius 3 is 2.90 bits per heavy atom. The Kier molecular flexibility index (Phi) is 3.99. The fourth-order valence-electron chi connectivity index (χ4n) is 1.60. The minimum Gasteiger partial charge on any atom is -0.545 e. The Hall–Kier alpha value is -2.74. The summed E-state index contributed by atoms with van der Waals surface area (Å²) in [6, 6.07) is 5.70. The first-order valence-electron chi connectivity index (χ1n) is 5.78. The number of nitrogens with zero attached hydrogens (tertiary/aromatic N) is 2. The molecule has 108 valence electrons. The van der Waals surface area contributed by atoms with Crippen LogP contribution in [0.4, 0.5) is 5.69 Å². The highest BCUT2D eigenvalue weighted by molar-refractivity contribution is 7.71. The number of benzene rings is 1. The molecule has 1 aromatic heterocycles. The number of hydrogen-bond donors (Lipinski definition) is 2. The fourth-order valence-corrected chi connectivity index (χ4v) is 1.77. The summed E-state index contributed by atoms with van der Waals surface area (Å²) in [5.41, 5.74) is -0.393. The first-order chi connectivity index (χ1) is 9.90. The molecule has 0 saturated carbocycles. The molecule has 8 heteroatoms. The number of hydrogen-bond acceptors (Lipinski definition) is 6. The molecule has 0 atom stereocenters. The second-order valence-electron chi connectivity index (χ2n) is 4.15. The number of aromatic amines is 1. The van der Waals surface area contributed by atoms with E-state index in [1.165, 1.54) is 29.8 Å². The largest absolute Gasteiger partial charge is 0.545 e. The molecule has 2 rings (SSSR count). The summed E-state index contributed by atoms with van der Waals surface area (Å²) in [5.74, 6) is -1.65. The second-order valence-corrected chi connectivity index (χ2v) is 4.54. The molecule has 1 heterocycles. The highest BCUT2D eigenvalue weighted by Crippen LogP contribution is 2.15. The van der Waals surface area contributed by atoms with Gasteiger partial charge in [-0.05, 0) is 29.9 Å². The molecular formula is C13H10N3O4S-. The zero-order valence-corrected chi connectivity index (χ0v) is 11.7. The average Bonchev–Trinajstić information content (AvgIpc) is 2.45. The van der Waals surface area contributed by atoms with Crippen LogP contribution in [0.3, 0.4) is 0 Å². The van der Waals surface area contributed by atoms with Crippen molar-refractivity contribution in [3.63, 3.8) is 0 Å². The van der Waals surface area contributed by atoms with Gasteiger partial charge in [0, 0.05) is 13.3 Å². The number of aromatic hydroxyl groups is 1. The number of aliphatic imine (C=N–C) groups is 1. The summed E-state index contributed by atoms with van der Waals surface area (Å²) in [6.07, 6.45) is 1.14. The number of H-pyrrole nitrogens is 1. The third-order valence-corrected chi connectivity index (χ3v) is 3.13. The lowest BCUT2D eigenvalue weighted by Gasteiger charge is -2.05. The van der Waals surface area contributed by atoms with Crippen molar-refractivity contribution in [2.45, 2.75) is 0 Å². The second kappa shape index (κ2) is 5.71. The lowest BCUT2D eigenvalue weighted by Crippen LogP contribution is -2.21. The summed E-state index contributed by atoms with van der Waals surface area (Å²) in [6.45, 7) is 0. The van der Waals surface area contributed by atoms with Gasteiger partial charge in [0.2, 0.25) is 5.88 Å². The topological polar surface area (TPSA) is 111 Å². The summed E-state index contributed by atoms with van der Waals surface area (Å²) in [7, 11) is 1.49. The Morgan fingerprint density at radius 1 is 1.52 bits per heavy atom. The standard InChI is InChI=1S/C13H11N3O4S/c1-16-11(18)9(10(17)15-13(16)21)6-14-8-4-2-3-7(5-8)12(19)20/h2-6,18H,1H3,(H,19,20)(H,15,17,21)/p-1. The molecule has 0 amide bonds. The van der Waals surface area contributed by atoms with Crippen molar-refractivity contribution >= 4 is 30.1 Å². The molecule has 2 aromatic rings. The lowest BCUT2D eigenvalue weighted by molar-refractivity contribution is -0.255. The summed E-state index contributed by atoms with van der Waals surface area (Å²) in [5, 5.41) is 20.6. The zero-order chi connectivity index (χ0) is 15.6. The number of rotatable bonds is 3. The van der Waals surface area contributed by atoms with Gasteiger partial charge in [0.1, 0.15) is 5.56 Å². The molecular weight excluding hydrogens is 294 g/mol. The molecule has 0 bridgehead atoms. The molecule has 0 saturated heterocycles. The van der Waals surface area contributed by atoms with Gasteiger partial charge < -0.3 is 15.0 Å². The van der Waals surface area contributed by atoms with E-state index in [0.717, 1.165) is 6.21 Å². The first kappa shape index (κ1) is 14.7. The molecule has 1 aromatic carbocycles. The normalized spacial score (nSPS) is 10.9. The van der Waals surface area contributed by atoms with Gasteiger partial charge in [-0.15, -0.1) is 0 Å². The van der Waals surface area contributed by atoms with Gasteiger partial charge >= 0.3 is 0 Å². The van der Waals surface area contributed by atoms with Crippen LogP contribution >= 0.6 is 12.2 Å². The zero-order valence-electron chi connectivity index (χ0n) is 10.9. The van der Waals surface area contributed by atoms with Crippen LogP contribution in [-0.4, -0.2) is 26.8 Å². The number of aromatic carboxylic acids is 1. The average molecular weight is 304 g/mol. The molecule has 0 aliphatic heterocycles. The molecule has 0 radical (unpaired) electrons. The Morgan fingerprint density at radius 2 is 2.24 bits per heavy atom. The van der Waals surface area contributed by atoms with Crippen molar-refractivity contribution in [1.82, 2.24) is 9.55 Å². The van der Waals surface area contributed by atoms with Gasteiger partial charge in [-0.25, -0.2) is 0 Å². The minimum atomic E-state index is -1.32. The molecule has 0 unspecified atom stereocenters. The quantitative estimate of drug-likeness (QED) is 0.624. The van der Waals surface area contributed by atoms with E-state index in [0.29, 0.717) is 5.69 Å². The summed E-state index contributed by atoms with van der Waals surface area (Å²) >= 11 is 4.84. The van der Waals surface area contributed by atoms with Crippen LogP contribution in [-0.2, 0) is 7.05 Å². The van der Waals surface area contributed by atoms with E-state index in [-0.39, 0.29) is 21.8 Å². The SMILES string of the molecule is Cn1c(O)c(C=Nc2cccc(C(=O)[O-])c2)c(=O)[nH]c1=S. The van der Waals surface area contributed by atoms with Gasteiger partial charge in [-0.2, -0.15) is 0 Å². The van der Waals surface area contributed by atoms with Crippen molar-refractivity contribution in [2.24, 2.45) is 12.0 Å². The van der Waals surface area contributed by atoms with Gasteiger partial charge in [0.25, 0.3) is 5.56 Å². The number of carboxylic acids is 1. The van der Waals surface area contributed by atoms with E-state index in [4.69, 9.17) is 12.2 Å². The van der Waals surface area contributed by atoms with Gasteiger partial charge in [0.15, 0.2) is 4.77 Å². The van der Waals surface area contributed by atoms with E-state index in [1.54, 1.807) is 6.07 Å². The van der Waals surface area contributed by atoms with Crippen LogP contribution < -0.4 is 10.7 Å². The molecule has 0 aliphatic carbocycles. The monoisotopic (exact) mass is 304 g/mol. The maximum atomic E-state index is 11.7.